The number of alkyl halides is 3. The van der Waals surface area contributed by atoms with Gasteiger partial charge < -0.3 is 14.1 Å². The molecule has 1 saturated heterocycles. The van der Waals surface area contributed by atoms with Crippen LogP contribution in [0, 0.1) is 6.92 Å². The molecular weight excluding hydrogens is 441 g/mol. The Morgan fingerprint density at radius 3 is 2.52 bits per heavy atom. The smallest absolute Gasteiger partial charge is 0.407 e. The number of halogens is 3. The molecule has 1 unspecified atom stereocenters. The number of ether oxygens (including phenoxy) is 1. The van der Waals surface area contributed by atoms with Gasteiger partial charge in [-0.05, 0) is 36.8 Å². The fourth-order valence-corrected chi connectivity index (χ4v) is 3.46. The molecule has 4 rings (SSSR count). The molecule has 0 spiro atoms. The molecule has 11 heteroatoms. The van der Waals surface area contributed by atoms with E-state index in [-0.39, 0.29) is 48.9 Å². The van der Waals surface area contributed by atoms with Gasteiger partial charge in [0.25, 0.3) is 0 Å². The molecule has 0 radical (unpaired) electrons. The Bertz CT molecular complexity index is 1140. The van der Waals surface area contributed by atoms with E-state index >= 15 is 0 Å². The fraction of sp³-hybridized carbons (Fsp3) is 0.273. The van der Waals surface area contributed by atoms with E-state index in [0.29, 0.717) is 5.69 Å². The predicted octanol–water partition coefficient (Wildman–Crippen LogP) is 3.98. The van der Waals surface area contributed by atoms with E-state index in [2.05, 4.69) is 20.3 Å². The maximum absolute atomic E-state index is 12.4. The van der Waals surface area contributed by atoms with Gasteiger partial charge in [0.05, 0.1) is 12.3 Å². The first-order valence-electron chi connectivity index (χ1n) is 10.0. The molecule has 1 N–H and O–H groups in total. The number of nitrogens with one attached hydrogen (secondary N) is 1. The first kappa shape index (κ1) is 22.3. The molecule has 2 amide bonds. The van der Waals surface area contributed by atoms with Crippen LogP contribution in [0.2, 0.25) is 0 Å². The minimum atomic E-state index is -4.79. The molecule has 0 saturated carbocycles. The standard InChI is InChI=1S/C22H19F3N4O4/c1-13-2-4-14(5-3-13)10-18(30)26-21-28-27-20(32-21)15-11-19(31)29(12-15)16-6-8-17(9-7-16)33-22(23,24)25/h2-9,15H,10-12H2,1H3,(H,26,28,30). The number of nitrogens with zero attached hydrogens (tertiary/aromatic N) is 3. The van der Waals surface area contributed by atoms with Gasteiger partial charge in [0, 0.05) is 18.7 Å². The van der Waals surface area contributed by atoms with Crippen LogP contribution in [0.4, 0.5) is 24.9 Å². The van der Waals surface area contributed by atoms with Gasteiger partial charge >= 0.3 is 12.4 Å². The third kappa shape index (κ3) is 5.68. The molecule has 1 aliphatic heterocycles. The third-order valence-corrected chi connectivity index (χ3v) is 5.03. The van der Waals surface area contributed by atoms with Gasteiger partial charge in [-0.3, -0.25) is 14.9 Å². The lowest BCUT2D eigenvalue weighted by atomic mass is 10.1. The van der Waals surface area contributed by atoms with Crippen LogP contribution in [0.1, 0.15) is 29.4 Å². The number of aromatic nitrogens is 2. The van der Waals surface area contributed by atoms with Gasteiger partial charge in [-0.25, -0.2) is 0 Å². The number of anilines is 2. The molecule has 2 aromatic carbocycles. The van der Waals surface area contributed by atoms with Crippen molar-refractivity contribution < 1.29 is 31.9 Å². The van der Waals surface area contributed by atoms with E-state index in [1.54, 1.807) is 0 Å². The minimum absolute atomic E-state index is 0.0679. The summed E-state index contributed by atoms with van der Waals surface area (Å²) in [5.41, 5.74) is 2.34. The second kappa shape index (κ2) is 8.93. The van der Waals surface area contributed by atoms with Crippen molar-refractivity contribution in [3.8, 4) is 5.75 Å². The van der Waals surface area contributed by atoms with Crippen molar-refractivity contribution in [2.75, 3.05) is 16.8 Å². The molecular formula is C22H19F3N4O4. The van der Waals surface area contributed by atoms with Gasteiger partial charge in [0.2, 0.25) is 17.7 Å². The van der Waals surface area contributed by atoms with E-state index in [0.717, 1.165) is 23.3 Å². The fourth-order valence-electron chi connectivity index (χ4n) is 3.46. The number of rotatable bonds is 6. The Labute approximate surface area is 186 Å². The lowest BCUT2D eigenvalue weighted by Crippen LogP contribution is -2.24. The Balaban J connectivity index is 1.36. The Morgan fingerprint density at radius 1 is 1.15 bits per heavy atom. The molecule has 3 aromatic rings. The normalized spacial score (nSPS) is 16.2. The van der Waals surface area contributed by atoms with E-state index < -0.39 is 12.3 Å². The van der Waals surface area contributed by atoms with Gasteiger partial charge in [0.1, 0.15) is 5.75 Å². The molecule has 1 fully saturated rings. The van der Waals surface area contributed by atoms with Crippen molar-refractivity contribution in [3.63, 3.8) is 0 Å². The van der Waals surface area contributed by atoms with Gasteiger partial charge in [-0.2, -0.15) is 0 Å². The van der Waals surface area contributed by atoms with Crippen LogP contribution < -0.4 is 15.0 Å². The van der Waals surface area contributed by atoms with Gasteiger partial charge in [-0.15, -0.1) is 18.3 Å². The van der Waals surface area contributed by atoms with Crippen LogP contribution in [-0.4, -0.2) is 34.9 Å². The molecule has 33 heavy (non-hydrogen) atoms. The summed E-state index contributed by atoms with van der Waals surface area (Å²) in [6.45, 7) is 2.16. The summed E-state index contributed by atoms with van der Waals surface area (Å²) in [6, 6.07) is 12.5. The summed E-state index contributed by atoms with van der Waals surface area (Å²) in [6.07, 6.45) is -4.57. The highest BCUT2D eigenvalue weighted by Crippen LogP contribution is 2.33. The lowest BCUT2D eigenvalue weighted by Gasteiger charge is -2.17. The summed E-state index contributed by atoms with van der Waals surface area (Å²) in [5.74, 6) is -1.17. The molecule has 1 aliphatic rings. The molecule has 2 heterocycles. The first-order valence-corrected chi connectivity index (χ1v) is 10.0. The van der Waals surface area contributed by atoms with E-state index in [9.17, 15) is 22.8 Å². The highest BCUT2D eigenvalue weighted by Gasteiger charge is 2.35. The number of hydrogen-bond acceptors (Lipinski definition) is 6. The van der Waals surface area contributed by atoms with Crippen molar-refractivity contribution in [2.24, 2.45) is 0 Å². The second-order valence-corrected chi connectivity index (χ2v) is 7.60. The summed E-state index contributed by atoms with van der Waals surface area (Å²) in [7, 11) is 0. The number of carbonyl (C=O) groups excluding carboxylic acids is 2. The summed E-state index contributed by atoms with van der Waals surface area (Å²) in [5, 5.41) is 10.3. The largest absolute Gasteiger partial charge is 0.573 e. The molecule has 0 bridgehead atoms. The maximum Gasteiger partial charge on any atom is 0.573 e. The van der Waals surface area contributed by atoms with Crippen molar-refractivity contribution in [3.05, 3.63) is 65.5 Å². The predicted molar refractivity (Wildman–Crippen MR) is 111 cm³/mol. The molecule has 8 nitrogen and oxygen atoms in total. The van der Waals surface area contributed by atoms with Crippen LogP contribution in [0.3, 0.4) is 0 Å². The van der Waals surface area contributed by atoms with Gasteiger partial charge in [-0.1, -0.05) is 34.9 Å². The summed E-state index contributed by atoms with van der Waals surface area (Å²) in [4.78, 5) is 26.1. The van der Waals surface area contributed by atoms with Crippen molar-refractivity contribution >= 4 is 23.5 Å². The summed E-state index contributed by atoms with van der Waals surface area (Å²) >= 11 is 0. The van der Waals surface area contributed by atoms with Crippen molar-refractivity contribution in [1.29, 1.82) is 0 Å². The molecule has 1 aromatic heterocycles. The number of benzene rings is 2. The van der Waals surface area contributed by atoms with Crippen LogP contribution in [0.5, 0.6) is 5.75 Å². The Hall–Kier alpha value is -3.89. The zero-order chi connectivity index (χ0) is 23.6. The van der Waals surface area contributed by atoms with Crippen LogP contribution in [0.15, 0.2) is 52.9 Å². The number of aryl methyl sites for hydroxylation is 1. The zero-order valence-corrected chi connectivity index (χ0v) is 17.4. The van der Waals surface area contributed by atoms with Crippen LogP contribution in [-0.2, 0) is 16.0 Å². The van der Waals surface area contributed by atoms with Crippen LogP contribution >= 0.6 is 0 Å². The zero-order valence-electron chi connectivity index (χ0n) is 17.4. The number of carbonyl (C=O) groups is 2. The third-order valence-electron chi connectivity index (χ3n) is 5.03. The highest BCUT2D eigenvalue weighted by molar-refractivity contribution is 5.96. The van der Waals surface area contributed by atoms with Crippen LogP contribution in [0.25, 0.3) is 0 Å². The quantitative estimate of drug-likeness (QED) is 0.598. The average Bonchev–Trinajstić information content (AvgIpc) is 3.36. The second-order valence-electron chi connectivity index (χ2n) is 7.60. The Morgan fingerprint density at radius 2 is 1.85 bits per heavy atom. The van der Waals surface area contributed by atoms with Crippen molar-refractivity contribution in [2.45, 2.75) is 32.0 Å². The molecule has 1 atom stereocenters. The van der Waals surface area contributed by atoms with Gasteiger partial charge in [0.15, 0.2) is 0 Å². The highest BCUT2D eigenvalue weighted by atomic mass is 19.4. The monoisotopic (exact) mass is 460 g/mol. The van der Waals surface area contributed by atoms with E-state index in [1.807, 2.05) is 31.2 Å². The number of amides is 2. The van der Waals surface area contributed by atoms with Crippen molar-refractivity contribution in [1.82, 2.24) is 10.2 Å². The minimum Gasteiger partial charge on any atom is -0.407 e. The summed E-state index contributed by atoms with van der Waals surface area (Å²) < 4.78 is 46.3. The maximum atomic E-state index is 12.4. The van der Waals surface area contributed by atoms with E-state index in [1.165, 1.54) is 17.0 Å². The van der Waals surface area contributed by atoms with E-state index in [4.69, 9.17) is 4.42 Å². The first-order chi connectivity index (χ1) is 15.7. The lowest BCUT2D eigenvalue weighted by molar-refractivity contribution is -0.274. The molecule has 172 valence electrons. The molecule has 0 aliphatic carbocycles. The Kier molecular flexibility index (Phi) is 6.03. The number of hydrogen-bond donors (Lipinski definition) is 1. The average molecular weight is 460 g/mol. The topological polar surface area (TPSA) is 97.6 Å². The SMILES string of the molecule is Cc1ccc(CC(=O)Nc2nnc(C3CC(=O)N(c4ccc(OC(F)(F)F)cc4)C3)o2)cc1.